The van der Waals surface area contributed by atoms with E-state index >= 15 is 0 Å². The number of fused-ring (bicyclic) bond motifs is 3. The number of hydrogen-bond acceptors (Lipinski definition) is 3. The highest BCUT2D eigenvalue weighted by Gasteiger charge is 2.50. The molecule has 3 aromatic rings. The molecule has 1 N–H and O–H groups in total. The summed E-state index contributed by atoms with van der Waals surface area (Å²) in [5.74, 6) is -1.58. The predicted octanol–water partition coefficient (Wildman–Crippen LogP) is 3.18. The number of piperazine rings is 1. The van der Waals surface area contributed by atoms with Crippen molar-refractivity contribution in [3.05, 3.63) is 48.0 Å². The lowest BCUT2D eigenvalue weighted by Crippen LogP contribution is -2.49. The number of rotatable bonds is 5. The maximum atomic E-state index is 12.5. The average Bonchev–Trinajstić information content (AvgIpc) is 3.51. The third-order valence-electron chi connectivity index (χ3n) is 6.67. The van der Waals surface area contributed by atoms with Crippen molar-refractivity contribution in [2.45, 2.75) is 26.4 Å². The van der Waals surface area contributed by atoms with Crippen molar-refractivity contribution in [3.8, 4) is 0 Å². The fourth-order valence-corrected chi connectivity index (χ4v) is 4.90. The molecule has 0 radical (unpaired) electrons. The number of carboxylic acids is 1. The van der Waals surface area contributed by atoms with Crippen LogP contribution in [0.4, 0.5) is 0 Å². The van der Waals surface area contributed by atoms with Crippen LogP contribution in [0.25, 0.3) is 21.8 Å². The Labute approximate surface area is 175 Å². The zero-order valence-electron chi connectivity index (χ0n) is 17.3. The number of hydrogen-bond donors (Lipinski definition) is 1. The zero-order valence-corrected chi connectivity index (χ0v) is 17.3. The van der Waals surface area contributed by atoms with E-state index in [0.29, 0.717) is 19.5 Å². The van der Waals surface area contributed by atoms with Crippen molar-refractivity contribution >= 4 is 33.7 Å². The van der Waals surface area contributed by atoms with E-state index in [1.165, 1.54) is 27.4 Å². The molecule has 2 atom stereocenters. The summed E-state index contributed by atoms with van der Waals surface area (Å²) in [4.78, 5) is 27.7. The molecule has 2 aromatic carbocycles. The summed E-state index contributed by atoms with van der Waals surface area (Å²) in [6.45, 7) is 7.00. The lowest BCUT2D eigenvalue weighted by Gasteiger charge is -2.35. The average molecular weight is 405 g/mol. The molecule has 1 saturated carbocycles. The molecule has 2 aliphatic rings. The third-order valence-corrected chi connectivity index (χ3v) is 6.67. The fraction of sp³-hybridized carbons (Fsp3) is 0.417. The topological polar surface area (TPSA) is 65.8 Å². The van der Waals surface area contributed by atoms with Crippen molar-refractivity contribution in [2.24, 2.45) is 11.8 Å². The molecule has 1 aromatic heterocycles. The van der Waals surface area contributed by atoms with E-state index in [9.17, 15) is 9.59 Å². The predicted molar refractivity (Wildman–Crippen MR) is 116 cm³/mol. The third kappa shape index (κ3) is 3.25. The molecule has 1 aliphatic heterocycles. The van der Waals surface area contributed by atoms with Crippen LogP contribution in [0.5, 0.6) is 0 Å². The summed E-state index contributed by atoms with van der Waals surface area (Å²) < 4.78 is 2.36. The molecule has 6 heteroatoms. The van der Waals surface area contributed by atoms with Crippen LogP contribution in [0.15, 0.2) is 42.5 Å². The normalized spacial score (nSPS) is 22.0. The largest absolute Gasteiger partial charge is 0.481 e. The number of benzene rings is 2. The highest BCUT2D eigenvalue weighted by atomic mass is 16.4. The van der Waals surface area contributed by atoms with Crippen molar-refractivity contribution < 1.29 is 14.7 Å². The summed E-state index contributed by atoms with van der Waals surface area (Å²) >= 11 is 0. The molecule has 0 bridgehead atoms. The molecule has 2 unspecified atom stereocenters. The van der Waals surface area contributed by atoms with Gasteiger partial charge in [-0.3, -0.25) is 14.5 Å². The van der Waals surface area contributed by atoms with Crippen molar-refractivity contribution in [2.75, 3.05) is 26.2 Å². The summed E-state index contributed by atoms with van der Waals surface area (Å²) in [5.41, 5.74) is 3.84. The number of carbonyl (C=O) groups excluding carboxylic acids is 1. The van der Waals surface area contributed by atoms with Crippen LogP contribution in [0, 0.1) is 11.8 Å². The summed E-state index contributed by atoms with van der Waals surface area (Å²) in [7, 11) is 0. The highest BCUT2D eigenvalue weighted by Crippen LogP contribution is 2.40. The number of carbonyl (C=O) groups is 2. The van der Waals surface area contributed by atoms with Gasteiger partial charge in [0.1, 0.15) is 0 Å². The van der Waals surface area contributed by atoms with Gasteiger partial charge in [-0.2, -0.15) is 0 Å². The molecule has 1 aliphatic carbocycles. The Bertz CT molecular complexity index is 1130. The number of aromatic nitrogens is 1. The minimum atomic E-state index is -0.841. The SMILES string of the molecule is CCn1c2ccccc2c2cc(CN3CCN(C(=O)C4CC4C(=O)O)CC3)ccc21. The first-order chi connectivity index (χ1) is 14.6. The molecule has 6 nitrogen and oxygen atoms in total. The van der Waals surface area contributed by atoms with Gasteiger partial charge >= 0.3 is 5.97 Å². The van der Waals surface area contributed by atoms with E-state index in [2.05, 4.69) is 58.9 Å². The lowest BCUT2D eigenvalue weighted by atomic mass is 10.1. The van der Waals surface area contributed by atoms with Crippen molar-refractivity contribution in [1.29, 1.82) is 0 Å². The van der Waals surface area contributed by atoms with Crippen LogP contribution in [0.2, 0.25) is 0 Å². The Kier molecular flexibility index (Phi) is 4.74. The summed E-state index contributed by atoms with van der Waals surface area (Å²) in [5, 5.41) is 11.6. The second kappa shape index (κ2) is 7.43. The van der Waals surface area contributed by atoms with E-state index in [1.807, 2.05) is 4.90 Å². The van der Waals surface area contributed by atoms with Gasteiger partial charge in [0.15, 0.2) is 0 Å². The molecular weight excluding hydrogens is 378 g/mol. The molecule has 5 rings (SSSR count). The van der Waals surface area contributed by atoms with E-state index in [4.69, 9.17) is 5.11 Å². The smallest absolute Gasteiger partial charge is 0.307 e. The van der Waals surface area contributed by atoms with Crippen LogP contribution in [0.1, 0.15) is 18.9 Å². The van der Waals surface area contributed by atoms with Gasteiger partial charge in [0.25, 0.3) is 0 Å². The first-order valence-corrected chi connectivity index (χ1v) is 10.8. The molecule has 1 saturated heterocycles. The van der Waals surface area contributed by atoms with Gasteiger partial charge in [-0.05, 0) is 37.1 Å². The van der Waals surface area contributed by atoms with Gasteiger partial charge in [-0.15, -0.1) is 0 Å². The van der Waals surface area contributed by atoms with E-state index in [-0.39, 0.29) is 11.8 Å². The molecule has 2 fully saturated rings. The minimum Gasteiger partial charge on any atom is -0.481 e. The summed E-state index contributed by atoms with van der Waals surface area (Å²) in [6.07, 6.45) is 0.500. The molecule has 30 heavy (non-hydrogen) atoms. The van der Waals surface area contributed by atoms with Gasteiger partial charge in [0, 0.05) is 61.1 Å². The maximum absolute atomic E-state index is 12.5. The van der Waals surface area contributed by atoms with E-state index in [0.717, 1.165) is 26.2 Å². The first kappa shape index (κ1) is 19.1. The highest BCUT2D eigenvalue weighted by molar-refractivity contribution is 6.08. The van der Waals surface area contributed by atoms with Gasteiger partial charge in [-0.1, -0.05) is 24.3 Å². The Hall–Kier alpha value is -2.86. The first-order valence-electron chi connectivity index (χ1n) is 10.8. The Morgan fingerprint density at radius 1 is 0.967 bits per heavy atom. The van der Waals surface area contributed by atoms with Crippen LogP contribution in [-0.2, 0) is 22.7 Å². The van der Waals surface area contributed by atoms with Gasteiger partial charge in [-0.25, -0.2) is 0 Å². The minimum absolute atomic E-state index is 0.0239. The number of amides is 1. The summed E-state index contributed by atoms with van der Waals surface area (Å²) in [6, 6.07) is 15.3. The Morgan fingerprint density at radius 2 is 1.70 bits per heavy atom. The van der Waals surface area contributed by atoms with Gasteiger partial charge in [0.05, 0.1) is 11.8 Å². The quantitative estimate of drug-likeness (QED) is 0.708. The Morgan fingerprint density at radius 3 is 2.40 bits per heavy atom. The van der Waals surface area contributed by atoms with Gasteiger partial charge < -0.3 is 14.6 Å². The maximum Gasteiger partial charge on any atom is 0.307 e. The molecule has 156 valence electrons. The monoisotopic (exact) mass is 405 g/mol. The van der Waals surface area contributed by atoms with Crippen molar-refractivity contribution in [1.82, 2.24) is 14.4 Å². The van der Waals surface area contributed by atoms with Gasteiger partial charge in [0.2, 0.25) is 5.91 Å². The second-order valence-corrected chi connectivity index (χ2v) is 8.50. The standard InChI is InChI=1S/C24H27N3O3/c1-2-27-21-6-4-3-5-17(21)18-13-16(7-8-22(18)27)15-25-9-11-26(12-10-25)23(28)19-14-20(19)24(29)30/h3-8,13,19-20H,2,9-12,14-15H2,1H3,(H,29,30). The Balaban J connectivity index is 1.27. The molecule has 1 amide bonds. The second-order valence-electron chi connectivity index (χ2n) is 8.50. The molecular formula is C24H27N3O3. The lowest BCUT2D eigenvalue weighted by molar-refractivity contribution is -0.142. The number of para-hydroxylation sites is 1. The zero-order chi connectivity index (χ0) is 20.8. The van der Waals surface area contributed by atoms with Crippen LogP contribution >= 0.6 is 0 Å². The fourth-order valence-electron chi connectivity index (χ4n) is 4.90. The van der Waals surface area contributed by atoms with Crippen LogP contribution in [-0.4, -0.2) is 57.5 Å². The van der Waals surface area contributed by atoms with Crippen LogP contribution < -0.4 is 0 Å². The molecule has 2 heterocycles. The number of carboxylic acid groups (broad SMARTS) is 1. The number of aryl methyl sites for hydroxylation is 1. The van der Waals surface area contributed by atoms with E-state index < -0.39 is 11.9 Å². The molecule has 0 spiro atoms. The van der Waals surface area contributed by atoms with Crippen LogP contribution in [0.3, 0.4) is 0 Å². The number of nitrogens with zero attached hydrogens (tertiary/aromatic N) is 3. The number of aliphatic carboxylic acids is 1. The van der Waals surface area contributed by atoms with E-state index in [1.54, 1.807) is 0 Å². The van der Waals surface area contributed by atoms with Crippen molar-refractivity contribution in [3.63, 3.8) is 0 Å².